The van der Waals surface area contributed by atoms with Gasteiger partial charge in [0.2, 0.25) is 6.08 Å². The Hall–Kier alpha value is -2.06. The number of aromatic nitrogens is 1. The van der Waals surface area contributed by atoms with Crippen molar-refractivity contribution < 1.29 is 9.18 Å². The average molecular weight is 188 g/mol. The molecular weight excluding hydrogens is 183 g/mol. The number of isocyanates is 1. The van der Waals surface area contributed by atoms with E-state index in [0.717, 1.165) is 5.39 Å². The molecule has 68 valence electrons. The lowest BCUT2D eigenvalue weighted by Crippen LogP contribution is -1.80. The van der Waals surface area contributed by atoms with Crippen LogP contribution in [-0.2, 0) is 4.79 Å². The van der Waals surface area contributed by atoms with Crippen molar-refractivity contribution in [1.29, 1.82) is 0 Å². The molecule has 1 aromatic heterocycles. The third-order valence-electron chi connectivity index (χ3n) is 1.80. The average Bonchev–Trinajstić information content (AvgIpc) is 2.17. The molecule has 0 aliphatic heterocycles. The molecule has 14 heavy (non-hydrogen) atoms. The number of aliphatic imine (C=N–C) groups is 1. The van der Waals surface area contributed by atoms with Gasteiger partial charge in [0.05, 0.1) is 5.52 Å². The number of hydrogen-bond donors (Lipinski definition) is 0. The fourth-order valence-electron chi connectivity index (χ4n) is 1.19. The summed E-state index contributed by atoms with van der Waals surface area (Å²) in [4.78, 5) is 17.3. The Morgan fingerprint density at radius 2 is 2.07 bits per heavy atom. The van der Waals surface area contributed by atoms with Crippen molar-refractivity contribution in [2.24, 2.45) is 4.99 Å². The van der Waals surface area contributed by atoms with E-state index < -0.39 is 0 Å². The van der Waals surface area contributed by atoms with Crippen molar-refractivity contribution >= 4 is 22.8 Å². The highest BCUT2D eigenvalue weighted by atomic mass is 19.1. The van der Waals surface area contributed by atoms with E-state index in [0.29, 0.717) is 5.52 Å². The largest absolute Gasteiger partial charge is 0.242 e. The van der Waals surface area contributed by atoms with E-state index in [2.05, 4.69) is 9.98 Å². The van der Waals surface area contributed by atoms with Gasteiger partial charge in [0.25, 0.3) is 0 Å². The summed E-state index contributed by atoms with van der Waals surface area (Å²) in [5.41, 5.74) is 0.474. The Bertz CT molecular complexity index is 533. The van der Waals surface area contributed by atoms with Crippen molar-refractivity contribution in [2.45, 2.75) is 0 Å². The lowest BCUT2D eigenvalue weighted by atomic mass is 10.2. The molecule has 1 heterocycles. The Morgan fingerprint density at radius 1 is 1.29 bits per heavy atom. The van der Waals surface area contributed by atoms with Crippen molar-refractivity contribution in [2.75, 3.05) is 0 Å². The highest BCUT2D eigenvalue weighted by molar-refractivity contribution is 5.80. The Labute approximate surface area is 78.9 Å². The first-order valence-electron chi connectivity index (χ1n) is 3.94. The van der Waals surface area contributed by atoms with Crippen LogP contribution in [0.5, 0.6) is 0 Å². The van der Waals surface area contributed by atoms with Crippen LogP contribution in [0.3, 0.4) is 0 Å². The molecule has 0 unspecified atom stereocenters. The molecule has 0 aliphatic rings. The molecule has 4 heteroatoms. The molecule has 0 aliphatic carbocycles. The summed E-state index contributed by atoms with van der Waals surface area (Å²) in [7, 11) is 0. The lowest BCUT2D eigenvalue weighted by Gasteiger charge is -1.96. The number of carbonyl (C=O) groups excluding carboxylic acids is 1. The molecule has 2 rings (SSSR count). The van der Waals surface area contributed by atoms with Gasteiger partial charge in [-0.15, -0.1) is 4.99 Å². The van der Waals surface area contributed by atoms with Crippen molar-refractivity contribution in [1.82, 2.24) is 4.98 Å². The van der Waals surface area contributed by atoms with Crippen LogP contribution in [0.15, 0.2) is 35.3 Å². The van der Waals surface area contributed by atoms with Gasteiger partial charge in [0.15, 0.2) is 5.82 Å². The number of pyridine rings is 1. The first kappa shape index (κ1) is 8.53. The predicted molar refractivity (Wildman–Crippen MR) is 49.5 cm³/mol. The van der Waals surface area contributed by atoms with Crippen LogP contribution in [0, 0.1) is 5.82 Å². The van der Waals surface area contributed by atoms with Gasteiger partial charge >= 0.3 is 0 Å². The zero-order valence-electron chi connectivity index (χ0n) is 7.07. The standard InChI is InChI=1S/C10H5FN2O/c11-8-3-1-7-2-4-10(12-6-14)13-9(7)5-8/h1-5H. The molecule has 0 saturated heterocycles. The summed E-state index contributed by atoms with van der Waals surface area (Å²) in [6.07, 6.45) is 1.38. The minimum Gasteiger partial charge on any atom is -0.228 e. The highest BCUT2D eigenvalue weighted by Gasteiger charge is 1.98. The Balaban J connectivity index is 2.69. The number of halogens is 1. The van der Waals surface area contributed by atoms with Crippen LogP contribution >= 0.6 is 0 Å². The fourth-order valence-corrected chi connectivity index (χ4v) is 1.19. The molecule has 3 nitrogen and oxygen atoms in total. The summed E-state index contributed by atoms with van der Waals surface area (Å²) in [6, 6.07) is 7.56. The topological polar surface area (TPSA) is 42.3 Å². The summed E-state index contributed by atoms with van der Waals surface area (Å²) in [5.74, 6) is -0.129. The van der Waals surface area contributed by atoms with E-state index in [1.165, 1.54) is 18.2 Å². The molecule has 0 amide bonds. The third-order valence-corrected chi connectivity index (χ3v) is 1.80. The quantitative estimate of drug-likeness (QED) is 0.509. The number of fused-ring (bicyclic) bond motifs is 1. The Morgan fingerprint density at radius 3 is 2.86 bits per heavy atom. The van der Waals surface area contributed by atoms with Crippen LogP contribution in [-0.4, -0.2) is 11.1 Å². The maximum Gasteiger partial charge on any atom is 0.242 e. The minimum absolute atomic E-state index is 0.234. The molecule has 0 N–H and O–H groups in total. The molecule has 0 saturated carbocycles. The summed E-state index contributed by atoms with van der Waals surface area (Å²) >= 11 is 0. The lowest BCUT2D eigenvalue weighted by molar-refractivity contribution is 0.565. The van der Waals surface area contributed by atoms with Gasteiger partial charge in [-0.3, -0.25) is 0 Å². The van der Waals surface area contributed by atoms with Crippen LogP contribution in [0.1, 0.15) is 0 Å². The third kappa shape index (κ3) is 1.51. The van der Waals surface area contributed by atoms with E-state index in [4.69, 9.17) is 0 Å². The Kier molecular flexibility index (Phi) is 2.05. The monoisotopic (exact) mass is 188 g/mol. The number of rotatable bonds is 1. The van der Waals surface area contributed by atoms with Gasteiger partial charge in [-0.05, 0) is 24.3 Å². The van der Waals surface area contributed by atoms with E-state index in [-0.39, 0.29) is 11.6 Å². The zero-order valence-corrected chi connectivity index (χ0v) is 7.07. The molecular formula is C10H5FN2O. The van der Waals surface area contributed by atoms with Crippen LogP contribution < -0.4 is 0 Å². The summed E-state index contributed by atoms with van der Waals surface area (Å²) in [5, 5.41) is 0.802. The van der Waals surface area contributed by atoms with Gasteiger partial charge in [0, 0.05) is 11.5 Å². The van der Waals surface area contributed by atoms with E-state index in [1.54, 1.807) is 18.2 Å². The van der Waals surface area contributed by atoms with Gasteiger partial charge in [-0.2, -0.15) is 0 Å². The molecule has 0 spiro atoms. The smallest absolute Gasteiger partial charge is 0.228 e. The van der Waals surface area contributed by atoms with E-state index in [1.807, 2.05) is 0 Å². The summed E-state index contributed by atoms with van der Waals surface area (Å²) in [6.45, 7) is 0. The molecule has 0 fully saturated rings. The van der Waals surface area contributed by atoms with Gasteiger partial charge in [-0.1, -0.05) is 0 Å². The molecule has 1 aromatic carbocycles. The van der Waals surface area contributed by atoms with Gasteiger partial charge < -0.3 is 0 Å². The van der Waals surface area contributed by atoms with Crippen molar-refractivity contribution in [3.05, 3.63) is 36.1 Å². The number of nitrogens with zero attached hydrogens (tertiary/aromatic N) is 2. The number of hydrogen-bond acceptors (Lipinski definition) is 3. The second kappa shape index (κ2) is 3.36. The summed E-state index contributed by atoms with van der Waals surface area (Å²) < 4.78 is 12.8. The molecule has 2 aromatic rings. The zero-order chi connectivity index (χ0) is 9.97. The van der Waals surface area contributed by atoms with E-state index in [9.17, 15) is 9.18 Å². The van der Waals surface area contributed by atoms with Crippen LogP contribution in [0.25, 0.3) is 10.9 Å². The van der Waals surface area contributed by atoms with Crippen molar-refractivity contribution in [3.63, 3.8) is 0 Å². The first-order valence-corrected chi connectivity index (χ1v) is 3.94. The highest BCUT2D eigenvalue weighted by Crippen LogP contribution is 2.17. The van der Waals surface area contributed by atoms with Gasteiger partial charge in [0.1, 0.15) is 5.82 Å². The van der Waals surface area contributed by atoms with Crippen LogP contribution in [0.4, 0.5) is 10.2 Å². The second-order valence-corrected chi connectivity index (χ2v) is 2.71. The predicted octanol–water partition coefficient (Wildman–Crippen LogP) is 2.34. The van der Waals surface area contributed by atoms with E-state index >= 15 is 0 Å². The van der Waals surface area contributed by atoms with Crippen LogP contribution in [0.2, 0.25) is 0 Å². The normalized spacial score (nSPS) is 9.79. The maximum atomic E-state index is 12.8. The maximum absolute atomic E-state index is 12.8. The van der Waals surface area contributed by atoms with Gasteiger partial charge in [-0.25, -0.2) is 14.2 Å². The first-order chi connectivity index (χ1) is 6.79. The minimum atomic E-state index is -0.364. The molecule has 0 radical (unpaired) electrons. The number of benzene rings is 1. The SMILES string of the molecule is O=C=Nc1ccc2ccc(F)cc2n1. The molecule has 0 bridgehead atoms. The fraction of sp³-hybridized carbons (Fsp3) is 0. The van der Waals surface area contributed by atoms with Crippen molar-refractivity contribution in [3.8, 4) is 0 Å². The second-order valence-electron chi connectivity index (χ2n) is 2.71. The molecule has 0 atom stereocenters.